The Labute approximate surface area is 178 Å². The molecule has 0 bridgehead atoms. The number of fused-ring (bicyclic) bond motifs is 3. The van der Waals surface area contributed by atoms with Crippen LogP contribution in [0.4, 0.5) is 5.13 Å². The smallest absolute Gasteiger partial charge is 0.230 e. The summed E-state index contributed by atoms with van der Waals surface area (Å²) >= 11 is 3.38. The highest BCUT2D eigenvalue weighted by Crippen LogP contribution is 2.50. The van der Waals surface area contributed by atoms with Gasteiger partial charge in [0.2, 0.25) is 5.91 Å². The van der Waals surface area contributed by atoms with Gasteiger partial charge in [-0.2, -0.15) is 0 Å². The summed E-state index contributed by atoms with van der Waals surface area (Å²) in [5.74, 6) is -0.0341. The Morgan fingerprint density at radius 2 is 1.76 bits per heavy atom. The van der Waals surface area contributed by atoms with Crippen molar-refractivity contribution in [2.24, 2.45) is 0 Å². The van der Waals surface area contributed by atoms with Gasteiger partial charge < -0.3 is 5.32 Å². The number of benzene rings is 3. The first-order chi connectivity index (χ1) is 14.1. The third-order valence-corrected chi connectivity index (χ3v) is 6.96. The van der Waals surface area contributed by atoms with E-state index >= 15 is 0 Å². The van der Waals surface area contributed by atoms with Gasteiger partial charge in [0.15, 0.2) is 5.13 Å². The SMILES string of the molecule is CC(C)Sc1ccc(CC(=O)Nc2nc3c(s2)-c2cccc4cccc-3c24)cc1. The Morgan fingerprint density at radius 1 is 1.03 bits per heavy atom. The van der Waals surface area contributed by atoms with E-state index in [4.69, 9.17) is 4.98 Å². The molecule has 4 aromatic rings. The average Bonchev–Trinajstić information content (AvgIpc) is 3.23. The minimum absolute atomic E-state index is 0.0341. The van der Waals surface area contributed by atoms with Gasteiger partial charge in [0, 0.05) is 21.3 Å². The highest BCUT2D eigenvalue weighted by Gasteiger charge is 2.25. The van der Waals surface area contributed by atoms with Gasteiger partial charge in [-0.25, -0.2) is 4.98 Å². The van der Waals surface area contributed by atoms with Crippen molar-refractivity contribution in [3.05, 3.63) is 66.2 Å². The fourth-order valence-electron chi connectivity index (χ4n) is 3.77. The van der Waals surface area contributed by atoms with Gasteiger partial charge in [0.05, 0.1) is 17.0 Å². The van der Waals surface area contributed by atoms with Crippen molar-refractivity contribution < 1.29 is 4.79 Å². The van der Waals surface area contributed by atoms with Gasteiger partial charge >= 0.3 is 0 Å². The van der Waals surface area contributed by atoms with Gasteiger partial charge in [-0.3, -0.25) is 4.79 Å². The van der Waals surface area contributed by atoms with Crippen molar-refractivity contribution >= 4 is 44.9 Å². The van der Waals surface area contributed by atoms with Crippen molar-refractivity contribution in [2.75, 3.05) is 5.32 Å². The summed E-state index contributed by atoms with van der Waals surface area (Å²) < 4.78 is 0. The molecular formula is C24H20N2OS2. The predicted octanol–water partition coefficient (Wildman–Crippen LogP) is 6.63. The van der Waals surface area contributed by atoms with Crippen molar-refractivity contribution in [3.8, 4) is 21.7 Å². The molecule has 0 radical (unpaired) electrons. The Hall–Kier alpha value is -2.63. The van der Waals surface area contributed by atoms with E-state index in [1.165, 1.54) is 21.2 Å². The molecule has 1 aliphatic rings. The molecule has 0 saturated carbocycles. The number of aromatic nitrogens is 1. The standard InChI is InChI=1S/C24H20N2OS2/c1-14(2)28-17-11-9-15(10-12-17)13-20(27)25-24-26-22-18-7-3-5-16-6-4-8-19(21(16)18)23(22)29-24/h3-12,14H,13H2,1-2H3,(H,25,26,27). The van der Waals surface area contributed by atoms with Crippen molar-refractivity contribution in [1.82, 2.24) is 4.98 Å². The molecule has 5 heteroatoms. The second kappa shape index (κ2) is 7.32. The number of hydrogen-bond donors (Lipinski definition) is 1. The zero-order valence-electron chi connectivity index (χ0n) is 16.2. The summed E-state index contributed by atoms with van der Waals surface area (Å²) in [5.41, 5.74) is 4.36. The van der Waals surface area contributed by atoms with E-state index in [-0.39, 0.29) is 5.91 Å². The highest BCUT2D eigenvalue weighted by atomic mass is 32.2. The first kappa shape index (κ1) is 18.4. The fraction of sp³-hybridized carbons (Fsp3) is 0.167. The number of carbonyl (C=O) groups excluding carboxylic acids is 1. The molecule has 29 heavy (non-hydrogen) atoms. The summed E-state index contributed by atoms with van der Waals surface area (Å²) in [7, 11) is 0. The molecule has 0 fully saturated rings. The number of hydrogen-bond acceptors (Lipinski definition) is 4. The Balaban J connectivity index is 1.33. The van der Waals surface area contributed by atoms with Gasteiger partial charge in [-0.1, -0.05) is 73.7 Å². The van der Waals surface area contributed by atoms with Crippen LogP contribution in [-0.2, 0) is 11.2 Å². The van der Waals surface area contributed by atoms with Gasteiger partial charge in [-0.05, 0) is 28.5 Å². The Morgan fingerprint density at radius 3 is 2.48 bits per heavy atom. The lowest BCUT2D eigenvalue weighted by Crippen LogP contribution is -2.14. The maximum absolute atomic E-state index is 12.6. The Kier molecular flexibility index (Phi) is 4.64. The second-order valence-electron chi connectivity index (χ2n) is 7.44. The number of anilines is 1. The normalized spacial score (nSPS) is 11.8. The quantitative estimate of drug-likeness (QED) is 0.327. The van der Waals surface area contributed by atoms with Gasteiger partial charge in [-0.15, -0.1) is 11.8 Å². The minimum atomic E-state index is -0.0341. The van der Waals surface area contributed by atoms with Crippen LogP contribution >= 0.6 is 23.1 Å². The zero-order valence-corrected chi connectivity index (χ0v) is 17.9. The zero-order chi connectivity index (χ0) is 20.0. The number of amides is 1. The molecule has 0 spiro atoms. The first-order valence-corrected chi connectivity index (χ1v) is 11.4. The van der Waals surface area contributed by atoms with E-state index in [9.17, 15) is 4.79 Å². The molecular weight excluding hydrogens is 396 g/mol. The van der Waals surface area contributed by atoms with E-state index in [2.05, 4.69) is 67.7 Å². The van der Waals surface area contributed by atoms with Crippen LogP contribution in [0.1, 0.15) is 19.4 Å². The lowest BCUT2D eigenvalue weighted by Gasteiger charge is -2.06. The molecule has 144 valence electrons. The fourth-order valence-corrected chi connectivity index (χ4v) is 5.64. The number of nitrogens with zero attached hydrogens (tertiary/aromatic N) is 1. The topological polar surface area (TPSA) is 42.0 Å². The predicted molar refractivity (Wildman–Crippen MR) is 124 cm³/mol. The number of thiazole rings is 1. The lowest BCUT2D eigenvalue weighted by molar-refractivity contribution is -0.115. The molecule has 1 aromatic heterocycles. The summed E-state index contributed by atoms with van der Waals surface area (Å²) in [6.07, 6.45) is 0.350. The largest absolute Gasteiger partial charge is 0.302 e. The molecule has 1 heterocycles. The molecule has 3 aromatic carbocycles. The van der Waals surface area contributed by atoms with Crippen LogP contribution in [0.25, 0.3) is 32.5 Å². The minimum Gasteiger partial charge on any atom is -0.302 e. The molecule has 5 rings (SSSR count). The number of nitrogens with one attached hydrogen (secondary N) is 1. The number of rotatable bonds is 5. The van der Waals surface area contributed by atoms with E-state index in [1.807, 2.05) is 23.9 Å². The van der Waals surface area contributed by atoms with E-state index in [0.717, 1.165) is 21.7 Å². The summed E-state index contributed by atoms with van der Waals surface area (Å²) in [4.78, 5) is 19.7. The van der Waals surface area contributed by atoms with Crippen LogP contribution in [0.2, 0.25) is 0 Å². The van der Waals surface area contributed by atoms with E-state index < -0.39 is 0 Å². The third-order valence-electron chi connectivity index (χ3n) is 4.94. The molecule has 0 atom stereocenters. The van der Waals surface area contributed by atoms with Crippen LogP contribution in [0.15, 0.2) is 65.6 Å². The number of carbonyl (C=O) groups is 1. The third kappa shape index (κ3) is 3.45. The van der Waals surface area contributed by atoms with Crippen molar-refractivity contribution in [3.63, 3.8) is 0 Å². The molecule has 1 amide bonds. The first-order valence-electron chi connectivity index (χ1n) is 9.67. The van der Waals surface area contributed by atoms with Crippen LogP contribution in [0, 0.1) is 0 Å². The van der Waals surface area contributed by atoms with Crippen LogP contribution in [-0.4, -0.2) is 16.1 Å². The van der Waals surface area contributed by atoms with E-state index in [0.29, 0.717) is 16.8 Å². The number of thioether (sulfide) groups is 1. The average molecular weight is 417 g/mol. The van der Waals surface area contributed by atoms with Gasteiger partial charge in [0.25, 0.3) is 0 Å². The summed E-state index contributed by atoms with van der Waals surface area (Å²) in [5, 5.41) is 6.70. The summed E-state index contributed by atoms with van der Waals surface area (Å²) in [6, 6.07) is 20.9. The maximum Gasteiger partial charge on any atom is 0.230 e. The van der Waals surface area contributed by atoms with Crippen molar-refractivity contribution in [2.45, 2.75) is 30.4 Å². The Bertz CT molecular complexity index is 1170. The maximum atomic E-state index is 12.6. The van der Waals surface area contributed by atoms with Crippen LogP contribution in [0.3, 0.4) is 0 Å². The molecule has 3 nitrogen and oxygen atoms in total. The lowest BCUT2D eigenvalue weighted by atomic mass is 10.0. The second-order valence-corrected chi connectivity index (χ2v) is 10.1. The molecule has 1 aliphatic carbocycles. The van der Waals surface area contributed by atoms with Crippen LogP contribution in [0.5, 0.6) is 0 Å². The molecule has 0 aliphatic heterocycles. The van der Waals surface area contributed by atoms with Gasteiger partial charge in [0.1, 0.15) is 0 Å². The van der Waals surface area contributed by atoms with Crippen molar-refractivity contribution in [1.29, 1.82) is 0 Å². The molecule has 0 saturated heterocycles. The molecule has 0 unspecified atom stereocenters. The molecule has 1 N–H and O–H groups in total. The summed E-state index contributed by atoms with van der Waals surface area (Å²) in [6.45, 7) is 4.35. The highest BCUT2D eigenvalue weighted by molar-refractivity contribution is 7.99. The van der Waals surface area contributed by atoms with E-state index in [1.54, 1.807) is 11.3 Å². The van der Waals surface area contributed by atoms with Crippen LogP contribution < -0.4 is 5.32 Å². The monoisotopic (exact) mass is 416 g/mol.